The summed E-state index contributed by atoms with van der Waals surface area (Å²) < 4.78 is 1.99. The fourth-order valence-electron chi connectivity index (χ4n) is 4.25. The average molecular weight is 338 g/mol. The number of nitrogens with one attached hydrogen (secondary N) is 1. The van der Waals surface area contributed by atoms with Crippen molar-refractivity contribution in [1.29, 1.82) is 0 Å². The Morgan fingerprint density at radius 2 is 2.08 bits per heavy atom. The molecule has 1 aromatic heterocycles. The molecule has 1 aliphatic heterocycles. The van der Waals surface area contributed by atoms with E-state index >= 15 is 0 Å². The molecule has 1 aliphatic carbocycles. The molecule has 5 nitrogen and oxygen atoms in total. The van der Waals surface area contributed by atoms with Crippen molar-refractivity contribution < 1.29 is 4.79 Å². The first-order valence-electron chi connectivity index (χ1n) is 9.38. The standard InChI is InChI=1S/C20H26N4O/c1-21-13-15-7-6-12-23(14-15)20(25)19-17-10-5-11-18(17)24(22-19)16-8-3-2-4-9-16/h2-4,8-9,15,21H,5-7,10-14H2,1H3. The lowest BCUT2D eigenvalue weighted by molar-refractivity contribution is 0.0666. The van der Waals surface area contributed by atoms with Crippen LogP contribution in [0.1, 0.15) is 41.0 Å². The van der Waals surface area contributed by atoms with Crippen LogP contribution in [0.15, 0.2) is 30.3 Å². The number of benzene rings is 1. The molecule has 2 heterocycles. The third kappa shape index (κ3) is 3.09. The fraction of sp³-hybridized carbons (Fsp3) is 0.500. The highest BCUT2D eigenvalue weighted by atomic mass is 16.2. The van der Waals surface area contributed by atoms with E-state index in [2.05, 4.69) is 17.4 Å². The number of amides is 1. The maximum Gasteiger partial charge on any atom is 0.274 e. The lowest BCUT2D eigenvalue weighted by atomic mass is 9.97. The summed E-state index contributed by atoms with van der Waals surface area (Å²) in [7, 11) is 1.98. The van der Waals surface area contributed by atoms with Crippen LogP contribution >= 0.6 is 0 Å². The van der Waals surface area contributed by atoms with Gasteiger partial charge in [-0.2, -0.15) is 5.10 Å². The average Bonchev–Trinajstić information content (AvgIpc) is 3.25. The van der Waals surface area contributed by atoms with Crippen LogP contribution < -0.4 is 5.32 Å². The van der Waals surface area contributed by atoms with E-state index in [9.17, 15) is 4.79 Å². The summed E-state index contributed by atoms with van der Waals surface area (Å²) in [5, 5.41) is 8.00. The van der Waals surface area contributed by atoms with Crippen molar-refractivity contribution >= 4 is 5.91 Å². The minimum atomic E-state index is 0.119. The Balaban J connectivity index is 1.63. The molecule has 1 amide bonds. The Morgan fingerprint density at radius 3 is 2.88 bits per heavy atom. The molecule has 2 aromatic rings. The molecule has 0 saturated carbocycles. The maximum absolute atomic E-state index is 13.2. The minimum Gasteiger partial charge on any atom is -0.337 e. The summed E-state index contributed by atoms with van der Waals surface area (Å²) in [6.07, 6.45) is 5.37. The van der Waals surface area contributed by atoms with Crippen LogP contribution in [-0.2, 0) is 12.8 Å². The summed E-state index contributed by atoms with van der Waals surface area (Å²) in [5.41, 5.74) is 4.12. The van der Waals surface area contributed by atoms with Gasteiger partial charge in [-0.3, -0.25) is 4.79 Å². The molecule has 0 spiro atoms. The van der Waals surface area contributed by atoms with Crippen molar-refractivity contribution in [3.63, 3.8) is 0 Å². The van der Waals surface area contributed by atoms with Gasteiger partial charge in [-0.1, -0.05) is 18.2 Å². The highest BCUT2D eigenvalue weighted by Crippen LogP contribution is 2.29. The zero-order valence-electron chi connectivity index (χ0n) is 14.9. The summed E-state index contributed by atoms with van der Waals surface area (Å²) in [5.74, 6) is 0.667. The maximum atomic E-state index is 13.2. The van der Waals surface area contributed by atoms with E-state index < -0.39 is 0 Å². The van der Waals surface area contributed by atoms with Crippen LogP contribution in [-0.4, -0.2) is 47.3 Å². The van der Waals surface area contributed by atoms with Crippen molar-refractivity contribution in [2.45, 2.75) is 32.1 Å². The molecule has 1 saturated heterocycles. The number of nitrogens with zero attached hydrogens (tertiary/aromatic N) is 3. The quantitative estimate of drug-likeness (QED) is 0.931. The zero-order valence-corrected chi connectivity index (χ0v) is 14.9. The molecule has 4 rings (SSSR count). The van der Waals surface area contributed by atoms with Crippen molar-refractivity contribution in [3.8, 4) is 5.69 Å². The van der Waals surface area contributed by atoms with Gasteiger partial charge in [0.1, 0.15) is 0 Å². The number of likely N-dealkylation sites (tertiary alicyclic amines) is 1. The summed E-state index contributed by atoms with van der Waals surface area (Å²) in [4.78, 5) is 15.2. The fourth-order valence-corrected chi connectivity index (χ4v) is 4.25. The number of hydrogen-bond acceptors (Lipinski definition) is 3. The van der Waals surface area contributed by atoms with Gasteiger partial charge in [-0.15, -0.1) is 0 Å². The number of piperidine rings is 1. The number of hydrogen-bond donors (Lipinski definition) is 1. The molecule has 0 bridgehead atoms. The van der Waals surface area contributed by atoms with Crippen LogP contribution in [0, 0.1) is 5.92 Å². The van der Waals surface area contributed by atoms with E-state index in [1.807, 2.05) is 34.8 Å². The van der Waals surface area contributed by atoms with Crippen molar-refractivity contribution in [2.75, 3.05) is 26.7 Å². The first-order chi connectivity index (χ1) is 12.3. The van der Waals surface area contributed by atoms with Crippen LogP contribution in [0.3, 0.4) is 0 Å². The normalized spacial score (nSPS) is 19.9. The number of carbonyl (C=O) groups excluding carboxylic acids is 1. The molecule has 0 radical (unpaired) electrons. The molecular weight excluding hydrogens is 312 g/mol. The van der Waals surface area contributed by atoms with Gasteiger partial charge in [-0.05, 0) is 63.7 Å². The van der Waals surface area contributed by atoms with Gasteiger partial charge in [0.15, 0.2) is 5.69 Å². The summed E-state index contributed by atoms with van der Waals surface area (Å²) in [6, 6.07) is 10.2. The van der Waals surface area contributed by atoms with E-state index in [1.165, 1.54) is 17.7 Å². The van der Waals surface area contributed by atoms with Gasteiger partial charge in [0, 0.05) is 24.3 Å². The van der Waals surface area contributed by atoms with Gasteiger partial charge in [0.05, 0.1) is 5.69 Å². The van der Waals surface area contributed by atoms with Crippen molar-refractivity contribution in [3.05, 3.63) is 47.3 Å². The lowest BCUT2D eigenvalue weighted by Gasteiger charge is -2.32. The van der Waals surface area contributed by atoms with Crippen LogP contribution in [0.2, 0.25) is 0 Å². The van der Waals surface area contributed by atoms with Gasteiger partial charge < -0.3 is 10.2 Å². The molecule has 25 heavy (non-hydrogen) atoms. The molecule has 132 valence electrons. The lowest BCUT2D eigenvalue weighted by Crippen LogP contribution is -2.42. The zero-order chi connectivity index (χ0) is 17.2. The molecule has 1 N–H and O–H groups in total. The minimum absolute atomic E-state index is 0.119. The Morgan fingerprint density at radius 1 is 1.24 bits per heavy atom. The van der Waals surface area contributed by atoms with Crippen LogP contribution in [0.5, 0.6) is 0 Å². The van der Waals surface area contributed by atoms with Gasteiger partial charge in [-0.25, -0.2) is 4.68 Å². The summed E-state index contributed by atoms with van der Waals surface area (Å²) >= 11 is 0. The SMILES string of the molecule is CNCC1CCCN(C(=O)c2nn(-c3ccccc3)c3c2CCC3)C1. The van der Waals surface area contributed by atoms with Crippen molar-refractivity contribution in [2.24, 2.45) is 5.92 Å². The van der Waals surface area contributed by atoms with Gasteiger partial charge >= 0.3 is 0 Å². The summed E-state index contributed by atoms with van der Waals surface area (Å²) in [6.45, 7) is 2.67. The monoisotopic (exact) mass is 338 g/mol. The van der Waals surface area contributed by atoms with E-state index in [-0.39, 0.29) is 5.91 Å². The van der Waals surface area contributed by atoms with Gasteiger partial charge in [0.2, 0.25) is 0 Å². The largest absolute Gasteiger partial charge is 0.337 e. The smallest absolute Gasteiger partial charge is 0.274 e. The van der Waals surface area contributed by atoms with Crippen LogP contribution in [0.25, 0.3) is 5.69 Å². The Labute approximate surface area is 149 Å². The Kier molecular flexibility index (Phi) is 4.57. The van der Waals surface area contributed by atoms with Crippen molar-refractivity contribution in [1.82, 2.24) is 20.0 Å². The van der Waals surface area contributed by atoms with E-state index in [0.29, 0.717) is 11.6 Å². The highest BCUT2D eigenvalue weighted by molar-refractivity contribution is 5.94. The predicted octanol–water partition coefficient (Wildman–Crippen LogP) is 2.43. The van der Waals surface area contributed by atoms with E-state index in [0.717, 1.165) is 51.0 Å². The molecule has 1 fully saturated rings. The van der Waals surface area contributed by atoms with E-state index in [1.54, 1.807) is 0 Å². The number of aromatic nitrogens is 2. The first kappa shape index (κ1) is 16.3. The highest BCUT2D eigenvalue weighted by Gasteiger charge is 2.31. The number of fused-ring (bicyclic) bond motifs is 1. The second-order valence-corrected chi connectivity index (χ2v) is 7.19. The number of rotatable bonds is 4. The van der Waals surface area contributed by atoms with Crippen LogP contribution in [0.4, 0.5) is 0 Å². The third-order valence-electron chi connectivity index (χ3n) is 5.43. The molecule has 1 unspecified atom stereocenters. The second kappa shape index (κ2) is 7.00. The molecule has 5 heteroatoms. The predicted molar refractivity (Wildman–Crippen MR) is 98.1 cm³/mol. The molecular formula is C20H26N4O. The van der Waals surface area contributed by atoms with E-state index in [4.69, 9.17) is 5.10 Å². The molecule has 1 atom stereocenters. The van der Waals surface area contributed by atoms with Gasteiger partial charge in [0.25, 0.3) is 5.91 Å². The topological polar surface area (TPSA) is 50.2 Å². The molecule has 2 aliphatic rings. The number of carbonyl (C=O) groups is 1. The third-order valence-corrected chi connectivity index (χ3v) is 5.43. The first-order valence-corrected chi connectivity index (χ1v) is 9.38. The second-order valence-electron chi connectivity index (χ2n) is 7.19. The number of para-hydroxylation sites is 1. The Bertz CT molecular complexity index is 751. The Hall–Kier alpha value is -2.14. The molecule has 1 aromatic carbocycles.